The van der Waals surface area contributed by atoms with Crippen LogP contribution in [-0.4, -0.2) is 60.8 Å². The highest BCUT2D eigenvalue weighted by Crippen LogP contribution is 2.22. The third kappa shape index (κ3) is 4.68. The lowest BCUT2D eigenvalue weighted by molar-refractivity contribution is -0.145. The summed E-state index contributed by atoms with van der Waals surface area (Å²) in [5.41, 5.74) is 0.899. The van der Waals surface area contributed by atoms with Crippen LogP contribution in [-0.2, 0) is 26.0 Å². The number of amides is 1. The summed E-state index contributed by atoms with van der Waals surface area (Å²) in [6.07, 6.45) is 3.94. The second-order valence-electron chi connectivity index (χ2n) is 7.27. The summed E-state index contributed by atoms with van der Waals surface area (Å²) in [4.78, 5) is 25.4. The molecule has 1 unspecified atom stereocenters. The van der Waals surface area contributed by atoms with Crippen LogP contribution in [0.2, 0.25) is 0 Å². The summed E-state index contributed by atoms with van der Waals surface area (Å²) in [6, 6.07) is 6.72. The number of hydrogen-bond donors (Lipinski definition) is 1. The van der Waals surface area contributed by atoms with Gasteiger partial charge in [0.2, 0.25) is 15.9 Å². The van der Waals surface area contributed by atoms with Gasteiger partial charge in [-0.15, -0.1) is 0 Å². The van der Waals surface area contributed by atoms with E-state index in [4.69, 9.17) is 5.11 Å². The molecule has 0 radical (unpaired) electrons. The average molecular weight is 394 g/mol. The van der Waals surface area contributed by atoms with Crippen molar-refractivity contribution in [3.8, 4) is 0 Å². The fraction of sp³-hybridized carbons (Fsp3) is 0.579. The average Bonchev–Trinajstić information content (AvgIpc) is 3.22. The molecule has 8 heteroatoms. The van der Waals surface area contributed by atoms with E-state index in [2.05, 4.69) is 0 Å². The fourth-order valence-corrected chi connectivity index (χ4v) is 5.24. The number of carbonyl (C=O) groups excluding carboxylic acids is 1. The molecule has 148 valence electrons. The summed E-state index contributed by atoms with van der Waals surface area (Å²) in [5, 5.41) is 9.13. The van der Waals surface area contributed by atoms with Crippen LogP contribution in [0.15, 0.2) is 29.2 Å². The van der Waals surface area contributed by atoms with Crippen molar-refractivity contribution >= 4 is 21.9 Å². The van der Waals surface area contributed by atoms with E-state index >= 15 is 0 Å². The minimum absolute atomic E-state index is 0.0466. The molecule has 27 heavy (non-hydrogen) atoms. The highest BCUT2D eigenvalue weighted by Gasteiger charge is 2.28. The number of rotatable bonds is 6. The van der Waals surface area contributed by atoms with Crippen LogP contribution in [0.4, 0.5) is 0 Å². The zero-order chi connectivity index (χ0) is 19.4. The van der Waals surface area contributed by atoms with Crippen molar-refractivity contribution in [3.05, 3.63) is 29.8 Å². The van der Waals surface area contributed by atoms with Crippen LogP contribution >= 0.6 is 0 Å². The Morgan fingerprint density at radius 1 is 1.04 bits per heavy atom. The molecule has 7 nitrogen and oxygen atoms in total. The monoisotopic (exact) mass is 394 g/mol. The molecule has 1 atom stereocenters. The lowest BCUT2D eigenvalue weighted by atomic mass is 9.97. The van der Waals surface area contributed by atoms with Crippen LogP contribution < -0.4 is 0 Å². The first kappa shape index (κ1) is 19.8. The Morgan fingerprint density at radius 3 is 2.33 bits per heavy atom. The number of sulfonamides is 1. The van der Waals surface area contributed by atoms with Crippen LogP contribution in [0.1, 0.15) is 37.7 Å². The van der Waals surface area contributed by atoms with Crippen molar-refractivity contribution in [1.29, 1.82) is 0 Å². The Labute approximate surface area is 160 Å². The van der Waals surface area contributed by atoms with Gasteiger partial charge < -0.3 is 10.0 Å². The molecule has 0 aromatic heterocycles. The second-order valence-corrected chi connectivity index (χ2v) is 9.21. The third-order valence-electron chi connectivity index (χ3n) is 5.38. The van der Waals surface area contributed by atoms with Gasteiger partial charge in [-0.05, 0) is 49.8 Å². The van der Waals surface area contributed by atoms with E-state index in [9.17, 15) is 18.0 Å². The molecule has 2 aliphatic heterocycles. The first-order valence-electron chi connectivity index (χ1n) is 9.47. The van der Waals surface area contributed by atoms with Gasteiger partial charge in [-0.25, -0.2) is 8.42 Å². The minimum atomic E-state index is -3.42. The van der Waals surface area contributed by atoms with Gasteiger partial charge >= 0.3 is 5.97 Å². The summed E-state index contributed by atoms with van der Waals surface area (Å²) in [7, 11) is -3.42. The van der Waals surface area contributed by atoms with E-state index in [1.165, 1.54) is 4.31 Å². The lowest BCUT2D eigenvalue weighted by Crippen LogP contribution is -2.42. The first-order chi connectivity index (χ1) is 12.9. The number of nitrogens with zero attached hydrogens (tertiary/aromatic N) is 2. The zero-order valence-corrected chi connectivity index (χ0v) is 16.2. The van der Waals surface area contributed by atoms with Crippen LogP contribution in [0.25, 0.3) is 0 Å². The number of carboxylic acids is 1. The Balaban J connectivity index is 1.55. The Hall–Kier alpha value is -1.93. The number of benzene rings is 1. The van der Waals surface area contributed by atoms with Gasteiger partial charge in [0.25, 0.3) is 0 Å². The van der Waals surface area contributed by atoms with Crippen LogP contribution in [0.3, 0.4) is 0 Å². The molecule has 0 aliphatic carbocycles. The number of carbonyl (C=O) groups is 2. The molecule has 2 saturated heterocycles. The summed E-state index contributed by atoms with van der Waals surface area (Å²) < 4.78 is 26.6. The highest BCUT2D eigenvalue weighted by atomic mass is 32.2. The molecule has 2 fully saturated rings. The van der Waals surface area contributed by atoms with E-state index in [0.29, 0.717) is 50.2 Å². The Bertz CT molecular complexity index is 785. The number of likely N-dealkylation sites (tertiary alicyclic amines) is 1. The maximum absolute atomic E-state index is 12.5. The molecule has 3 rings (SSSR count). The van der Waals surface area contributed by atoms with E-state index in [1.54, 1.807) is 29.2 Å². The highest BCUT2D eigenvalue weighted by molar-refractivity contribution is 7.89. The van der Waals surface area contributed by atoms with Gasteiger partial charge in [-0.1, -0.05) is 12.1 Å². The maximum atomic E-state index is 12.5. The molecule has 0 saturated carbocycles. The number of aryl methyl sites for hydroxylation is 1. The molecular weight excluding hydrogens is 368 g/mol. The van der Waals surface area contributed by atoms with Gasteiger partial charge in [-0.2, -0.15) is 4.31 Å². The molecular formula is C19H26N2O5S. The van der Waals surface area contributed by atoms with Crippen molar-refractivity contribution < 1.29 is 23.1 Å². The van der Waals surface area contributed by atoms with Crippen molar-refractivity contribution in [2.24, 2.45) is 5.92 Å². The Kier molecular flexibility index (Phi) is 6.16. The van der Waals surface area contributed by atoms with Gasteiger partial charge in [0.05, 0.1) is 10.8 Å². The fourth-order valence-electron chi connectivity index (χ4n) is 3.72. The molecule has 2 heterocycles. The SMILES string of the molecule is O=C(O)C1CCCN(C(=O)CCc2ccc(S(=O)(=O)N3CCCC3)cc2)C1. The third-order valence-corrected chi connectivity index (χ3v) is 7.29. The number of aliphatic carboxylic acids is 1. The zero-order valence-electron chi connectivity index (χ0n) is 15.3. The van der Waals surface area contributed by atoms with E-state index in [0.717, 1.165) is 18.4 Å². The number of carboxylic acid groups (broad SMARTS) is 1. The molecule has 1 aromatic rings. The smallest absolute Gasteiger partial charge is 0.308 e. The normalized spacial score (nSPS) is 21.3. The van der Waals surface area contributed by atoms with Crippen molar-refractivity contribution in [2.45, 2.75) is 43.4 Å². The largest absolute Gasteiger partial charge is 0.481 e. The van der Waals surface area contributed by atoms with Crippen LogP contribution in [0.5, 0.6) is 0 Å². The summed E-state index contributed by atoms with van der Waals surface area (Å²) in [6.45, 7) is 2.04. The molecule has 0 bridgehead atoms. The first-order valence-corrected chi connectivity index (χ1v) is 10.9. The standard InChI is InChI=1S/C19H26N2O5S/c22-18(20-11-3-4-16(14-20)19(23)24)10-7-15-5-8-17(9-6-15)27(25,26)21-12-1-2-13-21/h5-6,8-9,16H,1-4,7,10-14H2,(H,23,24). The maximum Gasteiger partial charge on any atom is 0.308 e. The predicted octanol–water partition coefficient (Wildman–Crippen LogP) is 1.73. The minimum Gasteiger partial charge on any atom is -0.481 e. The summed E-state index contributed by atoms with van der Waals surface area (Å²) >= 11 is 0. The molecule has 2 aliphatic rings. The molecule has 1 N–H and O–H groups in total. The number of hydrogen-bond acceptors (Lipinski definition) is 4. The van der Waals surface area contributed by atoms with Gasteiger partial charge in [-0.3, -0.25) is 9.59 Å². The van der Waals surface area contributed by atoms with E-state index in [-0.39, 0.29) is 12.5 Å². The second kappa shape index (κ2) is 8.39. The van der Waals surface area contributed by atoms with E-state index < -0.39 is 21.9 Å². The van der Waals surface area contributed by atoms with Gasteiger partial charge in [0, 0.05) is 32.6 Å². The molecule has 0 spiro atoms. The number of piperidine rings is 1. The van der Waals surface area contributed by atoms with Crippen molar-refractivity contribution in [1.82, 2.24) is 9.21 Å². The Morgan fingerprint density at radius 2 is 1.70 bits per heavy atom. The van der Waals surface area contributed by atoms with Gasteiger partial charge in [0.1, 0.15) is 0 Å². The van der Waals surface area contributed by atoms with Crippen molar-refractivity contribution in [2.75, 3.05) is 26.2 Å². The van der Waals surface area contributed by atoms with E-state index in [1.807, 2.05) is 0 Å². The lowest BCUT2D eigenvalue weighted by Gasteiger charge is -2.30. The predicted molar refractivity (Wildman–Crippen MR) is 99.7 cm³/mol. The summed E-state index contributed by atoms with van der Waals surface area (Å²) in [5.74, 6) is -1.37. The van der Waals surface area contributed by atoms with Crippen molar-refractivity contribution in [3.63, 3.8) is 0 Å². The molecule has 1 aromatic carbocycles. The quantitative estimate of drug-likeness (QED) is 0.793. The topological polar surface area (TPSA) is 95.0 Å². The van der Waals surface area contributed by atoms with Gasteiger partial charge in [0.15, 0.2) is 0 Å². The van der Waals surface area contributed by atoms with Crippen LogP contribution in [0, 0.1) is 5.92 Å². The molecule has 1 amide bonds.